The molecule has 0 amide bonds. The molecular formula is C19H18N2O8S2. The summed E-state index contributed by atoms with van der Waals surface area (Å²) in [7, 11) is -9.44. The lowest BCUT2D eigenvalue weighted by molar-refractivity contribution is 0.409. The molecule has 31 heavy (non-hydrogen) atoms. The zero-order valence-corrected chi connectivity index (χ0v) is 17.7. The molecule has 0 heterocycles. The number of hydrogen-bond acceptors (Lipinski definition) is 8. The molecule has 5 N–H and O–H groups in total. The standard InChI is InChI=1S/C19H18N2O8S2/c1-11-2-3-12(17(6-11)30(23,24)25)8-16-18(31(26,27)28)9-13-7-14(21-29-10-20)4-5-15(13)19(16)22/h2-7,9-10,20-22H,8H2,1H3,(H,23,24,25)(H,26,27,28). The van der Waals surface area contributed by atoms with E-state index in [1.54, 1.807) is 13.0 Å². The van der Waals surface area contributed by atoms with E-state index < -0.39 is 42.2 Å². The fraction of sp³-hybridized carbons (Fsp3) is 0.105. The van der Waals surface area contributed by atoms with E-state index in [1.807, 2.05) is 0 Å². The zero-order chi connectivity index (χ0) is 23.0. The van der Waals surface area contributed by atoms with Crippen molar-refractivity contribution in [3.63, 3.8) is 0 Å². The Kier molecular flexibility index (Phi) is 5.91. The first-order valence-corrected chi connectivity index (χ1v) is 11.5. The van der Waals surface area contributed by atoms with Gasteiger partial charge in [-0.2, -0.15) is 16.8 Å². The minimum atomic E-state index is -4.81. The van der Waals surface area contributed by atoms with E-state index in [0.717, 1.165) is 6.07 Å². The molecule has 0 atom stereocenters. The molecule has 3 rings (SSSR count). The van der Waals surface area contributed by atoms with Crippen LogP contribution in [-0.4, -0.2) is 37.4 Å². The molecule has 0 spiro atoms. The van der Waals surface area contributed by atoms with Crippen LogP contribution in [0.3, 0.4) is 0 Å². The van der Waals surface area contributed by atoms with Crippen LogP contribution in [-0.2, 0) is 31.5 Å². The number of aromatic hydroxyl groups is 1. The average Bonchev–Trinajstić information content (AvgIpc) is 2.67. The Morgan fingerprint density at radius 2 is 1.68 bits per heavy atom. The van der Waals surface area contributed by atoms with Gasteiger partial charge in [0, 0.05) is 17.4 Å². The van der Waals surface area contributed by atoms with Crippen molar-refractivity contribution >= 4 is 43.1 Å². The summed E-state index contributed by atoms with van der Waals surface area (Å²) in [6, 6.07) is 9.67. The topological polar surface area (TPSA) is 174 Å². The molecule has 12 heteroatoms. The molecule has 164 valence electrons. The Morgan fingerprint density at radius 1 is 1.00 bits per heavy atom. The second-order valence-corrected chi connectivity index (χ2v) is 9.49. The molecule has 0 aliphatic carbocycles. The lowest BCUT2D eigenvalue weighted by atomic mass is 9.98. The predicted molar refractivity (Wildman–Crippen MR) is 113 cm³/mol. The van der Waals surface area contributed by atoms with E-state index in [1.165, 1.54) is 30.3 Å². The van der Waals surface area contributed by atoms with Gasteiger partial charge in [-0.15, -0.1) is 0 Å². The summed E-state index contributed by atoms with van der Waals surface area (Å²) < 4.78 is 66.9. The first kappa shape index (κ1) is 22.5. The molecule has 0 aliphatic rings. The van der Waals surface area contributed by atoms with Crippen LogP contribution >= 0.6 is 0 Å². The molecule has 0 aromatic heterocycles. The number of rotatable bonds is 7. The Hall–Kier alpha value is -3.19. The molecule has 0 fully saturated rings. The maximum absolute atomic E-state index is 12.0. The number of nitrogens with one attached hydrogen (secondary N) is 2. The average molecular weight is 466 g/mol. The summed E-state index contributed by atoms with van der Waals surface area (Å²) in [5, 5.41) is 18.1. The highest BCUT2D eigenvalue weighted by Crippen LogP contribution is 2.37. The summed E-state index contributed by atoms with van der Waals surface area (Å²) in [5.74, 6) is -0.480. The largest absolute Gasteiger partial charge is 0.507 e. The third-order valence-electron chi connectivity index (χ3n) is 4.56. The quantitative estimate of drug-likeness (QED) is 0.152. The van der Waals surface area contributed by atoms with Crippen LogP contribution in [0, 0.1) is 12.3 Å². The van der Waals surface area contributed by atoms with E-state index in [4.69, 9.17) is 5.41 Å². The van der Waals surface area contributed by atoms with E-state index in [-0.39, 0.29) is 21.9 Å². The minimum absolute atomic E-state index is 0.0327. The first-order chi connectivity index (χ1) is 14.4. The third-order valence-corrected chi connectivity index (χ3v) is 6.41. The van der Waals surface area contributed by atoms with Gasteiger partial charge in [-0.05, 0) is 53.8 Å². The number of anilines is 1. The van der Waals surface area contributed by atoms with Crippen molar-refractivity contribution in [3.8, 4) is 5.75 Å². The molecule has 0 saturated heterocycles. The maximum atomic E-state index is 12.0. The minimum Gasteiger partial charge on any atom is -0.507 e. The molecule has 0 radical (unpaired) electrons. The van der Waals surface area contributed by atoms with Crippen LogP contribution in [0.15, 0.2) is 52.3 Å². The van der Waals surface area contributed by atoms with Gasteiger partial charge in [0.25, 0.3) is 20.2 Å². The summed E-state index contributed by atoms with van der Waals surface area (Å²) in [6.07, 6.45) is 0.242. The van der Waals surface area contributed by atoms with Crippen molar-refractivity contribution in [2.75, 3.05) is 5.48 Å². The van der Waals surface area contributed by atoms with Gasteiger partial charge in [0.1, 0.15) is 10.6 Å². The van der Waals surface area contributed by atoms with Gasteiger partial charge in [-0.25, -0.2) is 5.48 Å². The van der Waals surface area contributed by atoms with E-state index in [2.05, 4.69) is 10.3 Å². The van der Waals surface area contributed by atoms with Crippen LogP contribution in [0.5, 0.6) is 5.75 Å². The van der Waals surface area contributed by atoms with E-state index in [9.17, 15) is 31.0 Å². The fourth-order valence-corrected chi connectivity index (χ4v) is 4.77. The van der Waals surface area contributed by atoms with E-state index >= 15 is 0 Å². The normalized spacial score (nSPS) is 12.0. The van der Waals surface area contributed by atoms with Gasteiger partial charge in [0.2, 0.25) is 6.40 Å². The fourth-order valence-electron chi connectivity index (χ4n) is 3.21. The zero-order valence-electron chi connectivity index (χ0n) is 16.0. The van der Waals surface area contributed by atoms with Gasteiger partial charge in [0.15, 0.2) is 0 Å². The SMILES string of the molecule is Cc1ccc(Cc2c(S(=O)(=O)O)cc3cc(NOC=N)ccc3c2O)c(S(=O)(=O)O)c1. The monoisotopic (exact) mass is 466 g/mol. The van der Waals surface area contributed by atoms with Gasteiger partial charge >= 0.3 is 0 Å². The Labute approximate surface area is 178 Å². The number of phenols is 1. The number of benzene rings is 3. The van der Waals surface area contributed by atoms with E-state index in [0.29, 0.717) is 17.7 Å². The Balaban J connectivity index is 2.25. The number of fused-ring (bicyclic) bond motifs is 1. The Bertz CT molecular complexity index is 1400. The van der Waals surface area contributed by atoms with Crippen molar-refractivity contribution in [2.45, 2.75) is 23.1 Å². The van der Waals surface area contributed by atoms with Crippen LogP contribution in [0.4, 0.5) is 5.69 Å². The summed E-state index contributed by atoms with van der Waals surface area (Å²) in [5.41, 5.74) is 3.10. The van der Waals surface area contributed by atoms with Crippen LogP contribution in [0.25, 0.3) is 10.8 Å². The molecule has 3 aromatic carbocycles. The smallest absolute Gasteiger partial charge is 0.294 e. The van der Waals surface area contributed by atoms with Gasteiger partial charge in [0.05, 0.1) is 10.6 Å². The van der Waals surface area contributed by atoms with Gasteiger partial charge in [-0.3, -0.25) is 14.5 Å². The lowest BCUT2D eigenvalue weighted by Gasteiger charge is -2.15. The lowest BCUT2D eigenvalue weighted by Crippen LogP contribution is -2.08. The summed E-state index contributed by atoms with van der Waals surface area (Å²) >= 11 is 0. The second kappa shape index (κ2) is 8.15. The van der Waals surface area contributed by atoms with Crippen molar-refractivity contribution in [1.82, 2.24) is 0 Å². The second-order valence-electron chi connectivity index (χ2n) is 6.71. The molecule has 0 saturated carbocycles. The van der Waals surface area contributed by atoms with Gasteiger partial charge < -0.3 is 9.94 Å². The third kappa shape index (κ3) is 4.77. The number of hydrogen-bond donors (Lipinski definition) is 5. The van der Waals surface area contributed by atoms with Gasteiger partial charge in [-0.1, -0.05) is 12.1 Å². The first-order valence-electron chi connectivity index (χ1n) is 8.65. The predicted octanol–water partition coefficient (Wildman–Crippen LogP) is 2.89. The van der Waals surface area contributed by atoms with Crippen molar-refractivity contribution in [2.24, 2.45) is 0 Å². The van der Waals surface area contributed by atoms with Crippen molar-refractivity contribution < 1.29 is 35.9 Å². The van der Waals surface area contributed by atoms with Crippen LogP contribution in [0.2, 0.25) is 0 Å². The van der Waals surface area contributed by atoms with Crippen molar-refractivity contribution in [1.29, 1.82) is 5.41 Å². The highest BCUT2D eigenvalue weighted by molar-refractivity contribution is 7.86. The van der Waals surface area contributed by atoms with Crippen molar-refractivity contribution in [3.05, 3.63) is 59.2 Å². The van der Waals surface area contributed by atoms with Crippen LogP contribution < -0.4 is 5.48 Å². The summed E-state index contributed by atoms with van der Waals surface area (Å²) in [4.78, 5) is 3.58. The number of phenolic OH excluding ortho intramolecular Hbond substituents is 1. The highest BCUT2D eigenvalue weighted by atomic mass is 32.2. The molecule has 0 unspecified atom stereocenters. The highest BCUT2D eigenvalue weighted by Gasteiger charge is 2.24. The molecule has 10 nitrogen and oxygen atoms in total. The molecule has 3 aromatic rings. The Morgan fingerprint density at radius 3 is 2.29 bits per heavy atom. The maximum Gasteiger partial charge on any atom is 0.294 e. The number of aryl methyl sites for hydroxylation is 1. The molecule has 0 aliphatic heterocycles. The summed E-state index contributed by atoms with van der Waals surface area (Å²) in [6.45, 7) is 1.61. The molecule has 0 bridgehead atoms. The molecular weight excluding hydrogens is 448 g/mol. The van der Waals surface area contributed by atoms with Crippen LogP contribution in [0.1, 0.15) is 16.7 Å².